The Hall–Kier alpha value is -1.04. The number of nitrogens with two attached hydrogens (primary N) is 1. The summed E-state index contributed by atoms with van der Waals surface area (Å²) >= 11 is 0. The van der Waals surface area contributed by atoms with Gasteiger partial charge in [-0.3, -0.25) is 0 Å². The number of ether oxygens (including phenoxy) is 1. The van der Waals surface area contributed by atoms with E-state index in [2.05, 4.69) is 0 Å². The lowest BCUT2D eigenvalue weighted by Gasteiger charge is -2.09. The van der Waals surface area contributed by atoms with Crippen molar-refractivity contribution in [3.63, 3.8) is 0 Å². The molecule has 0 saturated heterocycles. The molecular weight excluding hydrogens is 193 g/mol. The van der Waals surface area contributed by atoms with E-state index >= 15 is 0 Å². The molecular formula is C10H12BNO3. The van der Waals surface area contributed by atoms with Gasteiger partial charge in [0, 0.05) is 13.0 Å². The largest absolute Gasteiger partial charge is 0.493 e. The summed E-state index contributed by atoms with van der Waals surface area (Å²) in [6.07, 6.45) is 0.747. The van der Waals surface area contributed by atoms with Crippen molar-refractivity contribution in [2.24, 2.45) is 5.73 Å². The minimum absolute atomic E-state index is 0.180. The molecule has 1 atom stereocenters. The maximum absolute atomic E-state index is 9.68. The van der Waals surface area contributed by atoms with E-state index in [0.29, 0.717) is 6.54 Å². The van der Waals surface area contributed by atoms with Crippen LogP contribution in [0.1, 0.15) is 17.2 Å². The quantitative estimate of drug-likeness (QED) is 0.597. The van der Waals surface area contributed by atoms with Gasteiger partial charge in [-0.1, -0.05) is 0 Å². The first-order chi connectivity index (χ1) is 7.29. The average Bonchev–Trinajstić information content (AvgIpc) is 2.81. The number of hydrogen-bond acceptors (Lipinski definition) is 4. The smallest absolute Gasteiger partial charge is 0.492 e. The molecule has 15 heavy (non-hydrogen) atoms. The summed E-state index contributed by atoms with van der Waals surface area (Å²) in [6, 6.07) is 3.92. The lowest BCUT2D eigenvalue weighted by molar-refractivity contribution is 0.198. The minimum atomic E-state index is -0.858. The van der Waals surface area contributed by atoms with Gasteiger partial charge in [-0.25, -0.2) is 0 Å². The van der Waals surface area contributed by atoms with Crippen molar-refractivity contribution in [3.05, 3.63) is 23.3 Å². The Labute approximate surface area is 88.1 Å². The van der Waals surface area contributed by atoms with Gasteiger partial charge in [-0.2, -0.15) is 0 Å². The van der Waals surface area contributed by atoms with Crippen molar-refractivity contribution >= 4 is 12.6 Å². The van der Waals surface area contributed by atoms with Crippen molar-refractivity contribution in [1.82, 2.24) is 0 Å². The maximum atomic E-state index is 9.68. The van der Waals surface area contributed by atoms with Crippen molar-refractivity contribution in [1.29, 1.82) is 0 Å². The number of benzene rings is 1. The van der Waals surface area contributed by atoms with Crippen LogP contribution >= 0.6 is 0 Å². The molecule has 3 N–H and O–H groups in total. The molecule has 5 heteroatoms. The molecule has 0 aromatic heterocycles. The zero-order valence-corrected chi connectivity index (χ0v) is 8.27. The first kappa shape index (κ1) is 9.21. The van der Waals surface area contributed by atoms with Gasteiger partial charge >= 0.3 is 7.12 Å². The monoisotopic (exact) mass is 205 g/mol. The fraction of sp³-hybridized carbons (Fsp3) is 0.400. The highest BCUT2D eigenvalue weighted by molar-refractivity contribution is 6.61. The first-order valence-electron chi connectivity index (χ1n) is 5.12. The molecule has 1 aromatic carbocycles. The molecule has 2 heterocycles. The third-order valence-corrected chi connectivity index (χ3v) is 3.02. The fourth-order valence-corrected chi connectivity index (χ4v) is 2.24. The molecule has 3 rings (SSSR count). The van der Waals surface area contributed by atoms with E-state index in [1.165, 1.54) is 5.56 Å². The molecule has 1 aromatic rings. The Morgan fingerprint density at radius 1 is 1.53 bits per heavy atom. The van der Waals surface area contributed by atoms with Crippen LogP contribution in [0.3, 0.4) is 0 Å². The first-order valence-corrected chi connectivity index (χ1v) is 5.12. The molecule has 0 bridgehead atoms. The van der Waals surface area contributed by atoms with Gasteiger partial charge in [0.2, 0.25) is 0 Å². The second-order valence-electron chi connectivity index (χ2n) is 3.90. The second-order valence-corrected chi connectivity index (χ2v) is 3.90. The van der Waals surface area contributed by atoms with Gasteiger partial charge < -0.3 is 20.1 Å². The van der Waals surface area contributed by atoms with Crippen LogP contribution in [-0.4, -0.2) is 25.3 Å². The minimum Gasteiger partial charge on any atom is -0.493 e. The van der Waals surface area contributed by atoms with Gasteiger partial charge in [0.25, 0.3) is 0 Å². The SMILES string of the molecule is NCC1OB(O)c2cc3c(cc21)CCO3. The van der Waals surface area contributed by atoms with Crippen LogP contribution in [0, 0.1) is 0 Å². The summed E-state index contributed by atoms with van der Waals surface area (Å²) in [4.78, 5) is 0. The summed E-state index contributed by atoms with van der Waals surface area (Å²) < 4.78 is 10.8. The zero-order valence-electron chi connectivity index (χ0n) is 8.27. The van der Waals surface area contributed by atoms with Crippen molar-refractivity contribution in [3.8, 4) is 5.75 Å². The van der Waals surface area contributed by atoms with Crippen LogP contribution in [0.2, 0.25) is 0 Å². The average molecular weight is 205 g/mol. The molecule has 4 nitrogen and oxygen atoms in total. The fourth-order valence-electron chi connectivity index (χ4n) is 2.24. The molecule has 0 saturated carbocycles. The number of fused-ring (bicyclic) bond motifs is 2. The molecule has 0 spiro atoms. The van der Waals surface area contributed by atoms with Crippen LogP contribution < -0.4 is 15.9 Å². The lowest BCUT2D eigenvalue weighted by Crippen LogP contribution is -2.28. The van der Waals surface area contributed by atoms with Gasteiger partial charge in [0.15, 0.2) is 0 Å². The third kappa shape index (κ3) is 1.28. The summed E-state index contributed by atoms with van der Waals surface area (Å²) in [7, 11) is -0.858. The van der Waals surface area contributed by atoms with E-state index in [9.17, 15) is 5.02 Å². The van der Waals surface area contributed by atoms with E-state index in [1.54, 1.807) is 0 Å². The number of hydrogen-bond donors (Lipinski definition) is 2. The van der Waals surface area contributed by atoms with Gasteiger partial charge in [0.05, 0.1) is 12.7 Å². The molecule has 0 aliphatic carbocycles. The molecule has 0 radical (unpaired) electrons. The summed E-state index contributed by atoms with van der Waals surface area (Å²) in [5.74, 6) is 0.870. The Kier molecular flexibility index (Phi) is 1.98. The molecule has 78 valence electrons. The second kappa shape index (κ2) is 3.23. The van der Waals surface area contributed by atoms with E-state index in [4.69, 9.17) is 15.1 Å². The van der Waals surface area contributed by atoms with Crippen LogP contribution in [0.4, 0.5) is 0 Å². The van der Waals surface area contributed by atoms with Crippen molar-refractivity contribution in [2.45, 2.75) is 12.5 Å². The van der Waals surface area contributed by atoms with Gasteiger partial charge in [0.1, 0.15) is 5.75 Å². The highest BCUT2D eigenvalue weighted by Crippen LogP contribution is 2.31. The molecule has 0 amide bonds. The van der Waals surface area contributed by atoms with Crippen LogP contribution in [0.15, 0.2) is 12.1 Å². The topological polar surface area (TPSA) is 64.7 Å². The third-order valence-electron chi connectivity index (χ3n) is 3.02. The predicted octanol–water partition coefficient (Wildman–Crippen LogP) is -0.661. The Morgan fingerprint density at radius 3 is 3.20 bits per heavy atom. The Balaban J connectivity index is 2.11. The molecule has 2 aliphatic rings. The zero-order chi connectivity index (χ0) is 10.4. The lowest BCUT2D eigenvalue weighted by atomic mass is 9.78. The van der Waals surface area contributed by atoms with E-state index in [1.807, 2.05) is 12.1 Å². The summed E-state index contributed by atoms with van der Waals surface area (Å²) in [5.41, 5.74) is 8.58. The maximum Gasteiger partial charge on any atom is 0.492 e. The summed E-state index contributed by atoms with van der Waals surface area (Å²) in [6.45, 7) is 1.12. The Morgan fingerprint density at radius 2 is 2.40 bits per heavy atom. The predicted molar refractivity (Wildman–Crippen MR) is 56.1 cm³/mol. The summed E-state index contributed by atoms with van der Waals surface area (Å²) in [5, 5.41) is 9.68. The molecule has 2 aliphatic heterocycles. The molecule has 0 fully saturated rings. The van der Waals surface area contributed by atoms with E-state index in [0.717, 1.165) is 29.8 Å². The highest BCUT2D eigenvalue weighted by Gasteiger charge is 2.36. The molecule has 1 unspecified atom stereocenters. The van der Waals surface area contributed by atoms with Crippen LogP contribution in [0.25, 0.3) is 0 Å². The Bertz CT molecular complexity index is 410. The van der Waals surface area contributed by atoms with Gasteiger partial charge in [-0.15, -0.1) is 0 Å². The standard InChI is InChI=1S/C10H12BNO3/c12-5-10-7-3-6-1-2-14-9(6)4-8(7)11(13)15-10/h3-4,10,13H,1-2,5,12H2. The van der Waals surface area contributed by atoms with Crippen molar-refractivity contribution < 1.29 is 14.4 Å². The van der Waals surface area contributed by atoms with Crippen LogP contribution in [0.5, 0.6) is 5.75 Å². The normalized spacial score (nSPS) is 22.5. The van der Waals surface area contributed by atoms with E-state index in [-0.39, 0.29) is 6.10 Å². The highest BCUT2D eigenvalue weighted by atomic mass is 16.5. The van der Waals surface area contributed by atoms with Crippen LogP contribution in [-0.2, 0) is 11.1 Å². The van der Waals surface area contributed by atoms with E-state index < -0.39 is 7.12 Å². The van der Waals surface area contributed by atoms with Crippen molar-refractivity contribution in [2.75, 3.05) is 13.2 Å². The number of rotatable bonds is 1. The van der Waals surface area contributed by atoms with Gasteiger partial charge in [-0.05, 0) is 28.7 Å².